The fourth-order valence-electron chi connectivity index (χ4n) is 1.12. The van der Waals surface area contributed by atoms with Crippen molar-refractivity contribution in [3.63, 3.8) is 0 Å². The van der Waals surface area contributed by atoms with Crippen LogP contribution in [-0.4, -0.2) is 11.4 Å². The summed E-state index contributed by atoms with van der Waals surface area (Å²) in [6, 6.07) is 2.01. The Balaban J connectivity index is 2.20. The first-order valence-electron chi connectivity index (χ1n) is 5.04. The van der Waals surface area contributed by atoms with Gasteiger partial charge >= 0.3 is 0 Å². The molecule has 0 radical (unpaired) electrons. The van der Waals surface area contributed by atoms with E-state index in [1.807, 2.05) is 30.7 Å². The molecule has 0 saturated heterocycles. The largest absolute Gasteiger partial charge is 0.352 e. The molecule has 0 atom stereocenters. The van der Waals surface area contributed by atoms with Gasteiger partial charge in [-0.05, 0) is 42.7 Å². The lowest BCUT2D eigenvalue weighted by molar-refractivity contribution is -0.121. The fourth-order valence-corrected chi connectivity index (χ4v) is 1.79. The zero-order chi connectivity index (χ0) is 11.3. The van der Waals surface area contributed by atoms with Crippen molar-refractivity contribution in [2.45, 2.75) is 38.8 Å². The molecule has 1 heterocycles. The molecule has 0 aliphatic carbocycles. The summed E-state index contributed by atoms with van der Waals surface area (Å²) in [5.74, 6) is 0.0692. The van der Waals surface area contributed by atoms with Gasteiger partial charge < -0.3 is 11.1 Å². The Hall–Kier alpha value is -0.870. The third-order valence-electron chi connectivity index (χ3n) is 2.07. The maximum Gasteiger partial charge on any atom is 0.220 e. The SMILES string of the molecule is CC(C)(N)CCC(=O)NCc1ccsc1. The molecule has 0 spiro atoms. The molecule has 0 aromatic carbocycles. The third-order valence-corrected chi connectivity index (χ3v) is 2.80. The number of thiophene rings is 1. The highest BCUT2D eigenvalue weighted by Crippen LogP contribution is 2.08. The van der Waals surface area contributed by atoms with Gasteiger partial charge in [0, 0.05) is 18.5 Å². The van der Waals surface area contributed by atoms with Crippen LogP contribution in [0.15, 0.2) is 16.8 Å². The highest BCUT2D eigenvalue weighted by molar-refractivity contribution is 7.07. The molecule has 1 rings (SSSR count). The Morgan fingerprint density at radius 3 is 2.87 bits per heavy atom. The van der Waals surface area contributed by atoms with Gasteiger partial charge in [-0.15, -0.1) is 0 Å². The Kier molecular flexibility index (Phi) is 4.29. The van der Waals surface area contributed by atoms with Gasteiger partial charge in [0.15, 0.2) is 0 Å². The minimum absolute atomic E-state index is 0.0692. The van der Waals surface area contributed by atoms with Crippen LogP contribution in [0.25, 0.3) is 0 Å². The van der Waals surface area contributed by atoms with E-state index in [4.69, 9.17) is 5.73 Å². The lowest BCUT2D eigenvalue weighted by Crippen LogP contribution is -2.34. The summed E-state index contributed by atoms with van der Waals surface area (Å²) < 4.78 is 0. The van der Waals surface area contributed by atoms with Crippen molar-refractivity contribution < 1.29 is 4.79 Å². The van der Waals surface area contributed by atoms with Crippen molar-refractivity contribution in [3.05, 3.63) is 22.4 Å². The summed E-state index contributed by atoms with van der Waals surface area (Å²) in [6.45, 7) is 4.48. The first kappa shape index (κ1) is 12.2. The highest BCUT2D eigenvalue weighted by Gasteiger charge is 2.12. The molecule has 1 aromatic heterocycles. The monoisotopic (exact) mass is 226 g/mol. The lowest BCUT2D eigenvalue weighted by Gasteiger charge is -2.17. The van der Waals surface area contributed by atoms with Crippen LogP contribution in [-0.2, 0) is 11.3 Å². The van der Waals surface area contributed by atoms with Crippen LogP contribution in [0, 0.1) is 0 Å². The molecule has 0 aliphatic rings. The Morgan fingerprint density at radius 1 is 1.60 bits per heavy atom. The van der Waals surface area contributed by atoms with E-state index < -0.39 is 0 Å². The molecular weight excluding hydrogens is 208 g/mol. The van der Waals surface area contributed by atoms with Crippen molar-refractivity contribution in [3.8, 4) is 0 Å². The number of rotatable bonds is 5. The normalized spacial score (nSPS) is 11.4. The number of hydrogen-bond donors (Lipinski definition) is 2. The zero-order valence-electron chi connectivity index (χ0n) is 9.25. The summed E-state index contributed by atoms with van der Waals surface area (Å²) in [6.07, 6.45) is 1.20. The predicted octanol–water partition coefficient (Wildman–Crippen LogP) is 1.88. The molecule has 0 fully saturated rings. The van der Waals surface area contributed by atoms with Crippen LogP contribution >= 0.6 is 11.3 Å². The number of carbonyl (C=O) groups excluding carboxylic acids is 1. The number of nitrogens with one attached hydrogen (secondary N) is 1. The average molecular weight is 226 g/mol. The van der Waals surface area contributed by atoms with Gasteiger partial charge in [-0.1, -0.05) is 0 Å². The topological polar surface area (TPSA) is 55.1 Å². The summed E-state index contributed by atoms with van der Waals surface area (Å²) in [4.78, 5) is 11.4. The van der Waals surface area contributed by atoms with Crippen LogP contribution in [0.4, 0.5) is 0 Å². The molecule has 0 bridgehead atoms. The standard InChI is InChI=1S/C11H18N2OS/c1-11(2,12)5-3-10(14)13-7-9-4-6-15-8-9/h4,6,8H,3,5,7,12H2,1-2H3,(H,13,14). The zero-order valence-corrected chi connectivity index (χ0v) is 10.1. The molecular formula is C11H18N2OS. The maximum atomic E-state index is 11.4. The molecule has 0 saturated carbocycles. The number of carbonyl (C=O) groups is 1. The summed E-state index contributed by atoms with van der Waals surface area (Å²) in [5, 5.41) is 6.91. The second-order valence-electron chi connectivity index (χ2n) is 4.40. The molecule has 3 nitrogen and oxygen atoms in total. The van der Waals surface area contributed by atoms with Gasteiger partial charge in [0.1, 0.15) is 0 Å². The van der Waals surface area contributed by atoms with Crippen LogP contribution in [0.1, 0.15) is 32.3 Å². The van der Waals surface area contributed by atoms with E-state index in [-0.39, 0.29) is 11.4 Å². The minimum atomic E-state index is -0.264. The first-order valence-corrected chi connectivity index (χ1v) is 5.98. The van der Waals surface area contributed by atoms with Gasteiger partial charge in [0.2, 0.25) is 5.91 Å². The number of nitrogens with two attached hydrogens (primary N) is 1. The van der Waals surface area contributed by atoms with E-state index in [0.29, 0.717) is 19.4 Å². The van der Waals surface area contributed by atoms with Gasteiger partial charge in [-0.25, -0.2) is 0 Å². The molecule has 15 heavy (non-hydrogen) atoms. The Labute approximate surface area is 94.7 Å². The quantitative estimate of drug-likeness (QED) is 0.805. The van der Waals surface area contributed by atoms with Crippen molar-refractivity contribution >= 4 is 17.2 Å². The van der Waals surface area contributed by atoms with Crippen molar-refractivity contribution in [2.75, 3.05) is 0 Å². The van der Waals surface area contributed by atoms with E-state index in [2.05, 4.69) is 5.32 Å². The summed E-state index contributed by atoms with van der Waals surface area (Å²) in [7, 11) is 0. The summed E-state index contributed by atoms with van der Waals surface area (Å²) >= 11 is 1.64. The molecule has 0 unspecified atom stereocenters. The van der Waals surface area contributed by atoms with Gasteiger partial charge in [-0.3, -0.25) is 4.79 Å². The first-order chi connectivity index (χ1) is 6.97. The smallest absolute Gasteiger partial charge is 0.220 e. The molecule has 1 aromatic rings. The van der Waals surface area contributed by atoms with Crippen molar-refractivity contribution in [1.82, 2.24) is 5.32 Å². The van der Waals surface area contributed by atoms with Gasteiger partial charge in [0.25, 0.3) is 0 Å². The predicted molar refractivity (Wildman–Crippen MR) is 63.7 cm³/mol. The average Bonchev–Trinajstić information content (AvgIpc) is 2.62. The van der Waals surface area contributed by atoms with Crippen molar-refractivity contribution in [2.24, 2.45) is 5.73 Å². The maximum absolute atomic E-state index is 11.4. The molecule has 1 amide bonds. The second-order valence-corrected chi connectivity index (χ2v) is 5.18. The molecule has 0 aliphatic heterocycles. The third kappa shape index (κ3) is 5.54. The van der Waals surface area contributed by atoms with E-state index in [1.54, 1.807) is 11.3 Å². The van der Waals surface area contributed by atoms with Gasteiger partial charge in [-0.2, -0.15) is 11.3 Å². The lowest BCUT2D eigenvalue weighted by atomic mass is 10.00. The van der Waals surface area contributed by atoms with Gasteiger partial charge in [0.05, 0.1) is 0 Å². The van der Waals surface area contributed by atoms with Crippen LogP contribution < -0.4 is 11.1 Å². The molecule has 3 N–H and O–H groups in total. The van der Waals surface area contributed by atoms with Crippen molar-refractivity contribution in [1.29, 1.82) is 0 Å². The molecule has 4 heteroatoms. The molecule has 84 valence electrons. The van der Waals surface area contributed by atoms with Crippen LogP contribution in [0.3, 0.4) is 0 Å². The van der Waals surface area contributed by atoms with E-state index in [9.17, 15) is 4.79 Å². The van der Waals surface area contributed by atoms with E-state index >= 15 is 0 Å². The minimum Gasteiger partial charge on any atom is -0.352 e. The van der Waals surface area contributed by atoms with E-state index in [0.717, 1.165) is 5.56 Å². The van der Waals surface area contributed by atoms with Crippen LogP contribution in [0.2, 0.25) is 0 Å². The highest BCUT2D eigenvalue weighted by atomic mass is 32.1. The Morgan fingerprint density at radius 2 is 2.33 bits per heavy atom. The van der Waals surface area contributed by atoms with Crippen LogP contribution in [0.5, 0.6) is 0 Å². The van der Waals surface area contributed by atoms with E-state index in [1.165, 1.54) is 0 Å². The second kappa shape index (κ2) is 5.28. The Bertz CT molecular complexity index is 301. The fraction of sp³-hybridized carbons (Fsp3) is 0.545. The summed E-state index contributed by atoms with van der Waals surface area (Å²) in [5.41, 5.74) is 6.69. The number of amides is 1. The number of hydrogen-bond acceptors (Lipinski definition) is 3.